The van der Waals surface area contributed by atoms with Crippen LogP contribution in [-0.4, -0.2) is 21.0 Å². The highest BCUT2D eigenvalue weighted by Crippen LogP contribution is 2.39. The molecule has 2 heterocycles. The molecule has 0 aliphatic rings. The molecule has 0 bridgehead atoms. The lowest BCUT2D eigenvalue weighted by atomic mass is 9.92. The van der Waals surface area contributed by atoms with Gasteiger partial charge in [0.25, 0.3) is 0 Å². The summed E-state index contributed by atoms with van der Waals surface area (Å²) >= 11 is 0. The van der Waals surface area contributed by atoms with Gasteiger partial charge in [0.15, 0.2) is 0 Å². The van der Waals surface area contributed by atoms with Gasteiger partial charge in [0.05, 0.1) is 17.5 Å². The van der Waals surface area contributed by atoms with Gasteiger partial charge in [-0.15, -0.1) is 0 Å². The SMILES string of the molecule is Cc1cc(NCc2cncc(-c3c(Cc4ccccc4)cnc4c(C(F)(F)F)cccc34)c2)c(C)cc1CC(=O)O. The minimum absolute atomic E-state index is 0.0415. The Labute approximate surface area is 235 Å². The molecule has 208 valence electrons. The molecule has 0 saturated heterocycles. The molecule has 5 aromatic rings. The highest BCUT2D eigenvalue weighted by atomic mass is 19.4. The second-order valence-electron chi connectivity index (χ2n) is 10.1. The first-order valence-electron chi connectivity index (χ1n) is 13.1. The van der Waals surface area contributed by atoms with Crippen molar-refractivity contribution in [2.75, 3.05) is 5.32 Å². The molecule has 0 spiro atoms. The van der Waals surface area contributed by atoms with Crippen LogP contribution in [0.15, 0.2) is 85.3 Å². The van der Waals surface area contributed by atoms with E-state index in [2.05, 4.69) is 15.3 Å². The van der Waals surface area contributed by atoms with Crippen LogP contribution in [0.3, 0.4) is 0 Å². The molecule has 0 atom stereocenters. The number of halogens is 3. The molecule has 0 amide bonds. The van der Waals surface area contributed by atoms with Crippen LogP contribution in [-0.2, 0) is 30.4 Å². The van der Waals surface area contributed by atoms with Crippen LogP contribution in [0.4, 0.5) is 18.9 Å². The second-order valence-corrected chi connectivity index (χ2v) is 10.1. The number of hydrogen-bond donors (Lipinski definition) is 2. The number of anilines is 1. The number of aromatic nitrogens is 2. The Balaban J connectivity index is 1.54. The van der Waals surface area contributed by atoms with Gasteiger partial charge in [-0.3, -0.25) is 14.8 Å². The van der Waals surface area contributed by atoms with Crippen LogP contribution in [0.1, 0.15) is 38.9 Å². The van der Waals surface area contributed by atoms with E-state index < -0.39 is 17.7 Å². The fraction of sp³-hybridized carbons (Fsp3) is 0.182. The summed E-state index contributed by atoms with van der Waals surface area (Å²) in [7, 11) is 0. The molecule has 5 rings (SSSR count). The number of pyridine rings is 2. The maximum Gasteiger partial charge on any atom is 0.418 e. The van der Waals surface area contributed by atoms with Crippen LogP contribution in [0.25, 0.3) is 22.0 Å². The van der Waals surface area contributed by atoms with Crippen molar-refractivity contribution in [3.63, 3.8) is 0 Å². The standard InChI is InChI=1S/C33H28F3N3O2/c1-20-12-29(21(2)11-24(20)15-30(40)41)38-17-23-14-25(18-37-16-23)31-26(13-22-7-4-3-5-8-22)19-39-32-27(31)9-6-10-28(32)33(34,35)36/h3-12,14,16,18-19,38H,13,15,17H2,1-2H3,(H,40,41). The monoisotopic (exact) mass is 555 g/mol. The fourth-order valence-corrected chi connectivity index (χ4v) is 5.12. The number of benzene rings is 3. The molecule has 0 radical (unpaired) electrons. The van der Waals surface area contributed by atoms with Crippen molar-refractivity contribution >= 4 is 22.6 Å². The number of alkyl halides is 3. The maximum atomic E-state index is 13.9. The van der Waals surface area contributed by atoms with Crippen molar-refractivity contribution < 1.29 is 23.1 Å². The number of para-hydroxylation sites is 1. The lowest BCUT2D eigenvalue weighted by Crippen LogP contribution is -2.08. The van der Waals surface area contributed by atoms with E-state index in [-0.39, 0.29) is 11.9 Å². The third-order valence-corrected chi connectivity index (χ3v) is 7.11. The largest absolute Gasteiger partial charge is 0.481 e. The zero-order valence-corrected chi connectivity index (χ0v) is 22.6. The minimum atomic E-state index is -4.54. The summed E-state index contributed by atoms with van der Waals surface area (Å²) in [6.45, 7) is 4.21. The highest BCUT2D eigenvalue weighted by Gasteiger charge is 2.33. The van der Waals surface area contributed by atoms with E-state index in [1.165, 1.54) is 12.3 Å². The molecule has 0 saturated carbocycles. The molecule has 41 heavy (non-hydrogen) atoms. The van der Waals surface area contributed by atoms with Crippen LogP contribution >= 0.6 is 0 Å². The van der Waals surface area contributed by atoms with Gasteiger partial charge < -0.3 is 10.4 Å². The van der Waals surface area contributed by atoms with Gasteiger partial charge in [0, 0.05) is 41.8 Å². The summed E-state index contributed by atoms with van der Waals surface area (Å²) in [5.41, 5.74) is 6.60. The first kappa shape index (κ1) is 27.8. The molecular weight excluding hydrogens is 527 g/mol. The normalized spacial score (nSPS) is 11.5. The average molecular weight is 556 g/mol. The molecule has 8 heteroatoms. The Kier molecular flexibility index (Phi) is 7.75. The molecule has 2 N–H and O–H groups in total. The Morgan fingerprint density at radius 2 is 1.66 bits per heavy atom. The van der Waals surface area contributed by atoms with Crippen LogP contribution in [0.2, 0.25) is 0 Å². The molecule has 2 aromatic heterocycles. The quantitative estimate of drug-likeness (QED) is 0.205. The number of carboxylic acids is 1. The number of aliphatic carboxylic acids is 1. The summed E-state index contributed by atoms with van der Waals surface area (Å²) in [6, 6.07) is 19.6. The Hall–Kier alpha value is -4.72. The summed E-state index contributed by atoms with van der Waals surface area (Å²) in [5, 5.41) is 13.0. The lowest BCUT2D eigenvalue weighted by Gasteiger charge is -2.17. The maximum absolute atomic E-state index is 13.9. The van der Waals surface area contributed by atoms with E-state index in [4.69, 9.17) is 5.11 Å². The van der Waals surface area contributed by atoms with Gasteiger partial charge in [-0.25, -0.2) is 0 Å². The predicted octanol–water partition coefficient (Wildman–Crippen LogP) is 7.76. The van der Waals surface area contributed by atoms with Gasteiger partial charge >= 0.3 is 12.1 Å². The van der Waals surface area contributed by atoms with Gasteiger partial charge in [0.2, 0.25) is 0 Å². The van der Waals surface area contributed by atoms with E-state index in [9.17, 15) is 18.0 Å². The fourth-order valence-electron chi connectivity index (χ4n) is 5.12. The molecule has 5 nitrogen and oxygen atoms in total. The Morgan fingerprint density at radius 1 is 0.878 bits per heavy atom. The first-order valence-corrected chi connectivity index (χ1v) is 13.1. The van der Waals surface area contributed by atoms with Crippen molar-refractivity contribution in [3.05, 3.63) is 124 Å². The topological polar surface area (TPSA) is 75.1 Å². The zero-order valence-electron chi connectivity index (χ0n) is 22.6. The number of carboxylic acid groups (broad SMARTS) is 1. The van der Waals surface area contributed by atoms with Gasteiger partial charge in [-0.1, -0.05) is 48.5 Å². The van der Waals surface area contributed by atoms with E-state index >= 15 is 0 Å². The molecular formula is C33H28F3N3O2. The summed E-state index contributed by atoms with van der Waals surface area (Å²) in [5.74, 6) is -0.881. The van der Waals surface area contributed by atoms with Gasteiger partial charge in [0.1, 0.15) is 0 Å². The number of nitrogens with one attached hydrogen (secondary N) is 1. The number of aryl methyl sites for hydroxylation is 2. The molecule has 3 aromatic carbocycles. The smallest absolute Gasteiger partial charge is 0.418 e. The zero-order chi connectivity index (χ0) is 29.1. The average Bonchev–Trinajstić information content (AvgIpc) is 2.93. The van der Waals surface area contributed by atoms with Crippen LogP contribution < -0.4 is 5.32 Å². The minimum Gasteiger partial charge on any atom is -0.481 e. The van der Waals surface area contributed by atoms with Crippen molar-refractivity contribution in [2.45, 2.75) is 39.4 Å². The third kappa shape index (κ3) is 6.22. The second kappa shape index (κ2) is 11.4. The predicted molar refractivity (Wildman–Crippen MR) is 154 cm³/mol. The lowest BCUT2D eigenvalue weighted by molar-refractivity contribution is -0.137. The van der Waals surface area contributed by atoms with E-state index in [1.807, 2.05) is 62.4 Å². The molecule has 0 aliphatic carbocycles. The molecule has 0 unspecified atom stereocenters. The first-order chi connectivity index (χ1) is 19.6. The van der Waals surface area contributed by atoms with E-state index in [0.717, 1.165) is 45.1 Å². The summed E-state index contributed by atoms with van der Waals surface area (Å²) < 4.78 is 41.7. The van der Waals surface area contributed by atoms with Crippen molar-refractivity contribution in [1.82, 2.24) is 9.97 Å². The molecule has 0 fully saturated rings. The van der Waals surface area contributed by atoms with E-state index in [0.29, 0.717) is 29.5 Å². The number of rotatable bonds is 8. The van der Waals surface area contributed by atoms with Gasteiger partial charge in [-0.05, 0) is 77.4 Å². The Bertz CT molecular complexity index is 1730. The summed E-state index contributed by atoms with van der Waals surface area (Å²) in [6.07, 6.45) is 0.849. The van der Waals surface area contributed by atoms with E-state index in [1.54, 1.807) is 18.5 Å². The van der Waals surface area contributed by atoms with Crippen molar-refractivity contribution in [2.24, 2.45) is 0 Å². The number of carbonyl (C=O) groups is 1. The van der Waals surface area contributed by atoms with Gasteiger partial charge in [-0.2, -0.15) is 13.2 Å². The van der Waals surface area contributed by atoms with Crippen LogP contribution in [0.5, 0.6) is 0 Å². The van der Waals surface area contributed by atoms with Crippen molar-refractivity contribution in [1.29, 1.82) is 0 Å². The number of hydrogen-bond acceptors (Lipinski definition) is 4. The van der Waals surface area contributed by atoms with Crippen LogP contribution in [0, 0.1) is 13.8 Å². The number of fused-ring (bicyclic) bond motifs is 1. The van der Waals surface area contributed by atoms with Crippen molar-refractivity contribution in [3.8, 4) is 11.1 Å². The third-order valence-electron chi connectivity index (χ3n) is 7.11. The highest BCUT2D eigenvalue weighted by molar-refractivity contribution is 5.97. The summed E-state index contributed by atoms with van der Waals surface area (Å²) in [4.78, 5) is 19.9. The Morgan fingerprint density at radius 3 is 2.39 bits per heavy atom. The number of nitrogens with zero attached hydrogens (tertiary/aromatic N) is 2. The molecule has 0 aliphatic heterocycles.